The highest BCUT2D eigenvalue weighted by Crippen LogP contribution is 2.26. The van der Waals surface area contributed by atoms with Crippen molar-refractivity contribution in [2.75, 3.05) is 6.54 Å². The van der Waals surface area contributed by atoms with Gasteiger partial charge in [-0.25, -0.2) is 0 Å². The van der Waals surface area contributed by atoms with E-state index in [1.54, 1.807) is 0 Å². The largest absolute Gasteiger partial charge is 0.330 e. The average Bonchev–Trinajstić information content (AvgIpc) is 2.17. The highest BCUT2D eigenvalue weighted by Gasteiger charge is 2.12. The maximum Gasteiger partial charge on any atom is 0.0144 e. The van der Waals surface area contributed by atoms with Gasteiger partial charge >= 0.3 is 0 Å². The Balaban J connectivity index is 2.43. The predicted octanol–water partition coefficient (Wildman–Crippen LogP) is 1.85. The van der Waals surface area contributed by atoms with Crippen molar-refractivity contribution in [1.29, 1.82) is 0 Å². The topological polar surface area (TPSA) is 26.0 Å². The molecule has 0 aromatic heterocycles. The molecule has 12 heavy (non-hydrogen) atoms. The summed E-state index contributed by atoms with van der Waals surface area (Å²) in [7, 11) is 0. The smallest absolute Gasteiger partial charge is 0.0144 e. The molecule has 0 bridgehead atoms. The fourth-order valence-corrected chi connectivity index (χ4v) is 1.60. The molecule has 1 aromatic rings. The summed E-state index contributed by atoms with van der Waals surface area (Å²) in [4.78, 5) is 0. The van der Waals surface area contributed by atoms with Crippen LogP contribution in [0, 0.1) is 6.42 Å². The molecule has 2 rings (SSSR count). The van der Waals surface area contributed by atoms with Gasteiger partial charge in [0.1, 0.15) is 0 Å². The van der Waals surface area contributed by atoms with Crippen molar-refractivity contribution >= 4 is 0 Å². The number of benzene rings is 1. The third-order valence-electron chi connectivity index (χ3n) is 2.27. The minimum atomic E-state index is 0.409. The van der Waals surface area contributed by atoms with E-state index in [4.69, 9.17) is 5.73 Å². The zero-order valence-corrected chi connectivity index (χ0v) is 6.90. The summed E-state index contributed by atoms with van der Waals surface area (Å²) < 4.78 is 0. The monoisotopic (exact) mass is 158 g/mol. The second-order valence-electron chi connectivity index (χ2n) is 3.02. The van der Waals surface area contributed by atoms with Gasteiger partial charge in [0, 0.05) is 18.9 Å². The van der Waals surface area contributed by atoms with Crippen LogP contribution in [0.25, 0.3) is 0 Å². The van der Waals surface area contributed by atoms with Gasteiger partial charge in [0.25, 0.3) is 0 Å². The Kier molecular flexibility index (Phi) is 1.96. The van der Waals surface area contributed by atoms with Crippen LogP contribution in [0.1, 0.15) is 17.0 Å². The zero-order chi connectivity index (χ0) is 8.39. The second kappa shape index (κ2) is 3.11. The summed E-state index contributed by atoms with van der Waals surface area (Å²) in [5, 5.41) is 0. The van der Waals surface area contributed by atoms with Crippen molar-refractivity contribution in [2.24, 2.45) is 5.73 Å². The van der Waals surface area contributed by atoms with Crippen LogP contribution in [0.2, 0.25) is 0 Å². The molecule has 0 saturated heterocycles. The van der Waals surface area contributed by atoms with Gasteiger partial charge in [-0.1, -0.05) is 36.4 Å². The van der Waals surface area contributed by atoms with E-state index >= 15 is 0 Å². The molecule has 0 spiro atoms. The molecule has 61 valence electrons. The molecule has 1 aliphatic carbocycles. The molecule has 1 heteroatoms. The van der Waals surface area contributed by atoms with Crippen molar-refractivity contribution < 1.29 is 0 Å². The summed E-state index contributed by atoms with van der Waals surface area (Å²) in [6.45, 7) is 0.696. The minimum Gasteiger partial charge on any atom is -0.330 e. The quantitative estimate of drug-likeness (QED) is 0.663. The van der Waals surface area contributed by atoms with Crippen LogP contribution in [0.15, 0.2) is 36.4 Å². The Morgan fingerprint density at radius 1 is 1.25 bits per heavy atom. The number of rotatable bonds is 1. The first-order valence-corrected chi connectivity index (χ1v) is 4.22. The van der Waals surface area contributed by atoms with Crippen molar-refractivity contribution in [3.05, 3.63) is 54.0 Å². The molecule has 1 aromatic carbocycles. The maximum absolute atomic E-state index is 5.65. The highest BCUT2D eigenvalue weighted by atomic mass is 14.5. The fraction of sp³-hybridized carbons (Fsp3) is 0.182. The zero-order valence-electron chi connectivity index (χ0n) is 6.90. The first-order valence-electron chi connectivity index (χ1n) is 4.22. The summed E-state index contributed by atoms with van der Waals surface area (Å²) >= 11 is 0. The molecule has 1 aliphatic rings. The first-order chi connectivity index (χ1) is 5.92. The first kappa shape index (κ1) is 7.56. The van der Waals surface area contributed by atoms with E-state index in [1.165, 1.54) is 11.1 Å². The van der Waals surface area contributed by atoms with Gasteiger partial charge in [-0.3, -0.25) is 0 Å². The van der Waals surface area contributed by atoms with Gasteiger partial charge < -0.3 is 5.73 Å². The summed E-state index contributed by atoms with van der Waals surface area (Å²) in [5.74, 6) is 0.409. The number of allylic oxidation sites excluding steroid dienone is 1. The summed E-state index contributed by atoms with van der Waals surface area (Å²) in [6.07, 6.45) is 6.36. The van der Waals surface area contributed by atoms with E-state index in [0.29, 0.717) is 12.5 Å². The van der Waals surface area contributed by atoms with Crippen LogP contribution in [0.3, 0.4) is 0 Å². The molecule has 0 fully saturated rings. The molecule has 1 radical (unpaired) electrons. The van der Waals surface area contributed by atoms with Crippen LogP contribution in [-0.4, -0.2) is 6.54 Å². The van der Waals surface area contributed by atoms with E-state index in [2.05, 4.69) is 42.8 Å². The second-order valence-corrected chi connectivity index (χ2v) is 3.02. The Labute approximate surface area is 72.9 Å². The van der Waals surface area contributed by atoms with Crippen molar-refractivity contribution in [2.45, 2.75) is 5.92 Å². The van der Waals surface area contributed by atoms with Crippen LogP contribution in [0.5, 0.6) is 0 Å². The number of nitrogens with two attached hydrogens (primary N) is 1. The third kappa shape index (κ3) is 1.16. The fourth-order valence-electron chi connectivity index (χ4n) is 1.60. The molecular weight excluding hydrogens is 146 g/mol. The molecule has 0 aliphatic heterocycles. The van der Waals surface area contributed by atoms with Crippen molar-refractivity contribution in [3.8, 4) is 0 Å². The highest BCUT2D eigenvalue weighted by molar-refractivity contribution is 5.44. The van der Waals surface area contributed by atoms with E-state index in [1.807, 2.05) is 0 Å². The number of fused-ring (bicyclic) bond motifs is 1. The average molecular weight is 158 g/mol. The Morgan fingerprint density at radius 2 is 2.08 bits per heavy atom. The lowest BCUT2D eigenvalue weighted by Gasteiger charge is -2.18. The molecule has 1 atom stereocenters. The van der Waals surface area contributed by atoms with E-state index in [-0.39, 0.29) is 0 Å². The summed E-state index contributed by atoms with van der Waals surface area (Å²) in [6, 6.07) is 8.39. The predicted molar refractivity (Wildman–Crippen MR) is 50.8 cm³/mol. The van der Waals surface area contributed by atoms with Crippen LogP contribution in [0.4, 0.5) is 0 Å². The van der Waals surface area contributed by atoms with Crippen LogP contribution < -0.4 is 5.73 Å². The van der Waals surface area contributed by atoms with Gasteiger partial charge in [-0.2, -0.15) is 0 Å². The van der Waals surface area contributed by atoms with E-state index in [0.717, 1.165) is 0 Å². The lowest BCUT2D eigenvalue weighted by molar-refractivity contribution is 0.834. The molecule has 1 nitrogen and oxygen atoms in total. The summed E-state index contributed by atoms with van der Waals surface area (Å²) in [5.41, 5.74) is 8.30. The Morgan fingerprint density at radius 3 is 2.92 bits per heavy atom. The van der Waals surface area contributed by atoms with Gasteiger partial charge in [0.05, 0.1) is 0 Å². The van der Waals surface area contributed by atoms with Crippen LogP contribution >= 0.6 is 0 Å². The number of hydrogen-bond donors (Lipinski definition) is 1. The molecule has 0 amide bonds. The standard InChI is InChI=1S/C11H12N/c12-8-10-6-3-5-9-4-1-2-7-11(9)10/h1-7,10H,8,12H2. The molecule has 2 N–H and O–H groups in total. The van der Waals surface area contributed by atoms with E-state index < -0.39 is 0 Å². The van der Waals surface area contributed by atoms with Crippen molar-refractivity contribution in [1.82, 2.24) is 0 Å². The van der Waals surface area contributed by atoms with Gasteiger partial charge in [0.15, 0.2) is 0 Å². The third-order valence-corrected chi connectivity index (χ3v) is 2.27. The lowest BCUT2D eigenvalue weighted by Crippen LogP contribution is -2.13. The SMILES string of the molecule is NCC1C=C[CH]c2ccccc21. The lowest BCUT2D eigenvalue weighted by atomic mass is 9.88. The Bertz CT molecular complexity index is 302. The molecular formula is C11H12N. The normalized spacial score (nSPS) is 20.6. The van der Waals surface area contributed by atoms with E-state index in [9.17, 15) is 0 Å². The van der Waals surface area contributed by atoms with Gasteiger partial charge in [-0.05, 0) is 11.1 Å². The van der Waals surface area contributed by atoms with Gasteiger partial charge in [0.2, 0.25) is 0 Å². The number of hydrogen-bond acceptors (Lipinski definition) is 1. The molecule has 1 unspecified atom stereocenters. The van der Waals surface area contributed by atoms with Crippen molar-refractivity contribution in [3.63, 3.8) is 0 Å². The van der Waals surface area contributed by atoms with Crippen LogP contribution in [-0.2, 0) is 0 Å². The Hall–Kier alpha value is -1.08. The molecule has 0 heterocycles. The van der Waals surface area contributed by atoms with Gasteiger partial charge in [-0.15, -0.1) is 0 Å². The minimum absolute atomic E-state index is 0.409. The maximum atomic E-state index is 5.65. The molecule has 0 saturated carbocycles.